The summed E-state index contributed by atoms with van der Waals surface area (Å²) in [5.41, 5.74) is 2.91. The summed E-state index contributed by atoms with van der Waals surface area (Å²) in [4.78, 5) is 0. The molecule has 2 atom stereocenters. The Hall–Kier alpha value is -0.860. The first-order chi connectivity index (χ1) is 9.74. The van der Waals surface area contributed by atoms with E-state index < -0.39 is 0 Å². The van der Waals surface area contributed by atoms with Gasteiger partial charge in [0, 0.05) is 25.1 Å². The molecule has 0 amide bonds. The molecule has 0 aromatic heterocycles. The van der Waals surface area contributed by atoms with E-state index in [2.05, 4.69) is 43.4 Å². The van der Waals surface area contributed by atoms with Gasteiger partial charge in [-0.25, -0.2) is 0 Å². The third-order valence-corrected chi connectivity index (χ3v) is 4.52. The maximum atomic E-state index is 6.12. The molecule has 20 heavy (non-hydrogen) atoms. The van der Waals surface area contributed by atoms with Gasteiger partial charge < -0.3 is 10.1 Å². The zero-order chi connectivity index (χ0) is 13.9. The minimum Gasteiger partial charge on any atom is -0.373 e. The maximum absolute atomic E-state index is 6.12. The molecular formula is C18H27NO. The molecule has 2 aliphatic rings. The van der Waals surface area contributed by atoms with E-state index in [9.17, 15) is 0 Å². The molecule has 1 aliphatic heterocycles. The summed E-state index contributed by atoms with van der Waals surface area (Å²) < 4.78 is 6.12. The molecule has 0 bridgehead atoms. The lowest BCUT2D eigenvalue weighted by Gasteiger charge is -2.33. The highest BCUT2D eigenvalue weighted by Crippen LogP contribution is 2.42. The summed E-state index contributed by atoms with van der Waals surface area (Å²) in [6, 6.07) is 9.70. The number of benzene rings is 1. The van der Waals surface area contributed by atoms with Crippen molar-refractivity contribution in [1.82, 2.24) is 5.32 Å². The van der Waals surface area contributed by atoms with Crippen LogP contribution >= 0.6 is 0 Å². The highest BCUT2D eigenvalue weighted by Gasteiger charge is 2.29. The van der Waals surface area contributed by atoms with Crippen LogP contribution in [0.1, 0.15) is 62.7 Å². The van der Waals surface area contributed by atoms with Gasteiger partial charge in [-0.3, -0.25) is 0 Å². The lowest BCUT2D eigenvalue weighted by atomic mass is 9.88. The van der Waals surface area contributed by atoms with Crippen LogP contribution in [0, 0.1) is 5.92 Å². The Morgan fingerprint density at radius 2 is 2.00 bits per heavy atom. The molecule has 3 rings (SSSR count). The Morgan fingerprint density at radius 3 is 2.75 bits per heavy atom. The van der Waals surface area contributed by atoms with Crippen LogP contribution in [-0.4, -0.2) is 19.2 Å². The Kier molecular flexibility index (Phi) is 4.42. The first-order valence-electron chi connectivity index (χ1n) is 8.19. The van der Waals surface area contributed by atoms with E-state index in [1.807, 2.05) is 0 Å². The van der Waals surface area contributed by atoms with Gasteiger partial charge in [0.25, 0.3) is 0 Å². The predicted molar refractivity (Wildman–Crippen MR) is 83.0 cm³/mol. The van der Waals surface area contributed by atoms with Crippen molar-refractivity contribution in [2.45, 2.75) is 57.6 Å². The van der Waals surface area contributed by atoms with Gasteiger partial charge >= 0.3 is 0 Å². The SMILES string of the molecule is CC(C)NCC1CCCOC1c1cccc(C2CC2)c1. The molecule has 2 fully saturated rings. The van der Waals surface area contributed by atoms with Crippen LogP contribution in [0.25, 0.3) is 0 Å². The minimum absolute atomic E-state index is 0.286. The topological polar surface area (TPSA) is 21.3 Å². The normalized spacial score (nSPS) is 26.9. The third kappa shape index (κ3) is 3.42. The molecule has 0 radical (unpaired) electrons. The lowest BCUT2D eigenvalue weighted by molar-refractivity contribution is -0.0282. The van der Waals surface area contributed by atoms with Gasteiger partial charge in [0.15, 0.2) is 0 Å². The minimum atomic E-state index is 0.286. The highest BCUT2D eigenvalue weighted by atomic mass is 16.5. The molecule has 2 nitrogen and oxygen atoms in total. The van der Waals surface area contributed by atoms with Crippen molar-refractivity contribution >= 4 is 0 Å². The highest BCUT2D eigenvalue weighted by molar-refractivity contribution is 5.31. The third-order valence-electron chi connectivity index (χ3n) is 4.52. The second-order valence-electron chi connectivity index (χ2n) is 6.70. The van der Waals surface area contributed by atoms with Gasteiger partial charge in [-0.1, -0.05) is 38.1 Å². The second kappa shape index (κ2) is 6.28. The molecule has 1 saturated heterocycles. The summed E-state index contributed by atoms with van der Waals surface area (Å²) in [5.74, 6) is 1.44. The number of hydrogen-bond acceptors (Lipinski definition) is 2. The number of rotatable bonds is 5. The fourth-order valence-electron chi connectivity index (χ4n) is 3.21. The Bertz CT molecular complexity index is 439. The summed E-state index contributed by atoms with van der Waals surface area (Å²) in [7, 11) is 0. The Balaban J connectivity index is 1.72. The first kappa shape index (κ1) is 14.1. The zero-order valence-corrected chi connectivity index (χ0v) is 12.8. The van der Waals surface area contributed by atoms with Crippen molar-refractivity contribution in [2.24, 2.45) is 5.92 Å². The number of ether oxygens (including phenoxy) is 1. The molecule has 2 unspecified atom stereocenters. The second-order valence-corrected chi connectivity index (χ2v) is 6.70. The number of nitrogens with one attached hydrogen (secondary N) is 1. The predicted octanol–water partition coefficient (Wildman–Crippen LogP) is 4.03. The van der Waals surface area contributed by atoms with Gasteiger partial charge in [-0.05, 0) is 42.7 Å². The van der Waals surface area contributed by atoms with Crippen LogP contribution in [0.3, 0.4) is 0 Å². The van der Waals surface area contributed by atoms with Gasteiger partial charge in [0.2, 0.25) is 0 Å². The van der Waals surface area contributed by atoms with Crippen molar-refractivity contribution in [3.05, 3.63) is 35.4 Å². The molecule has 1 aromatic carbocycles. The van der Waals surface area contributed by atoms with Crippen molar-refractivity contribution in [3.63, 3.8) is 0 Å². The van der Waals surface area contributed by atoms with Gasteiger partial charge in [-0.2, -0.15) is 0 Å². The molecule has 1 aromatic rings. The van der Waals surface area contributed by atoms with Crippen LogP contribution in [0.4, 0.5) is 0 Å². The average Bonchev–Trinajstić information content (AvgIpc) is 3.30. The van der Waals surface area contributed by atoms with Crippen molar-refractivity contribution in [2.75, 3.05) is 13.2 Å². The van der Waals surface area contributed by atoms with E-state index in [1.54, 1.807) is 0 Å². The molecule has 1 aliphatic carbocycles. The van der Waals surface area contributed by atoms with Crippen LogP contribution in [0.2, 0.25) is 0 Å². The molecule has 0 spiro atoms. The van der Waals surface area contributed by atoms with Crippen LogP contribution in [0.5, 0.6) is 0 Å². The van der Waals surface area contributed by atoms with E-state index in [1.165, 1.54) is 36.8 Å². The maximum Gasteiger partial charge on any atom is 0.0865 e. The molecule has 2 heteroatoms. The van der Waals surface area contributed by atoms with Crippen LogP contribution in [-0.2, 0) is 4.74 Å². The van der Waals surface area contributed by atoms with Gasteiger partial charge in [0.1, 0.15) is 0 Å². The summed E-state index contributed by atoms with van der Waals surface area (Å²) >= 11 is 0. The summed E-state index contributed by atoms with van der Waals surface area (Å²) in [6.07, 6.45) is 5.50. The van der Waals surface area contributed by atoms with E-state index in [-0.39, 0.29) is 6.10 Å². The molecule has 1 heterocycles. The summed E-state index contributed by atoms with van der Waals surface area (Å²) in [5, 5.41) is 3.58. The standard InChI is InChI=1S/C18H27NO/c1-13(2)19-12-17-7-4-10-20-18(17)16-6-3-5-15(11-16)14-8-9-14/h3,5-6,11,13-14,17-19H,4,7-10,12H2,1-2H3. The van der Waals surface area contributed by atoms with E-state index in [0.29, 0.717) is 12.0 Å². The van der Waals surface area contributed by atoms with E-state index >= 15 is 0 Å². The smallest absolute Gasteiger partial charge is 0.0865 e. The fourth-order valence-corrected chi connectivity index (χ4v) is 3.21. The fraction of sp³-hybridized carbons (Fsp3) is 0.667. The molecular weight excluding hydrogens is 246 g/mol. The first-order valence-corrected chi connectivity index (χ1v) is 8.19. The Morgan fingerprint density at radius 1 is 1.20 bits per heavy atom. The van der Waals surface area contributed by atoms with Gasteiger partial charge in [-0.15, -0.1) is 0 Å². The van der Waals surface area contributed by atoms with E-state index in [4.69, 9.17) is 4.74 Å². The molecule has 1 N–H and O–H groups in total. The molecule has 1 saturated carbocycles. The number of hydrogen-bond donors (Lipinski definition) is 1. The van der Waals surface area contributed by atoms with E-state index in [0.717, 1.165) is 19.1 Å². The zero-order valence-electron chi connectivity index (χ0n) is 12.8. The quantitative estimate of drug-likeness (QED) is 0.874. The van der Waals surface area contributed by atoms with Gasteiger partial charge in [0.05, 0.1) is 6.10 Å². The van der Waals surface area contributed by atoms with Crippen molar-refractivity contribution in [3.8, 4) is 0 Å². The van der Waals surface area contributed by atoms with Crippen molar-refractivity contribution < 1.29 is 4.74 Å². The largest absolute Gasteiger partial charge is 0.373 e. The summed E-state index contributed by atoms with van der Waals surface area (Å²) in [6.45, 7) is 6.41. The molecule has 110 valence electrons. The lowest BCUT2D eigenvalue weighted by Crippen LogP contribution is -2.35. The van der Waals surface area contributed by atoms with Crippen LogP contribution in [0.15, 0.2) is 24.3 Å². The van der Waals surface area contributed by atoms with Crippen LogP contribution < -0.4 is 5.32 Å². The Labute approximate surface area is 122 Å². The van der Waals surface area contributed by atoms with Crippen molar-refractivity contribution in [1.29, 1.82) is 0 Å². The average molecular weight is 273 g/mol. The monoisotopic (exact) mass is 273 g/mol.